The van der Waals surface area contributed by atoms with E-state index in [1.165, 1.54) is 5.56 Å². The Labute approximate surface area is 81.7 Å². The largest absolute Gasteiger partial charge is 0.316 e. The SMILES string of the molecule is CNCc1ccc(Br)cc1.Cl. The fourth-order valence-electron chi connectivity index (χ4n) is 0.806. The van der Waals surface area contributed by atoms with Gasteiger partial charge in [-0.1, -0.05) is 28.1 Å². The van der Waals surface area contributed by atoms with Crippen molar-refractivity contribution in [3.8, 4) is 0 Å². The lowest BCUT2D eigenvalue weighted by Gasteiger charge is -1.97. The Morgan fingerprint density at radius 2 is 1.82 bits per heavy atom. The molecule has 0 heterocycles. The van der Waals surface area contributed by atoms with E-state index in [4.69, 9.17) is 0 Å². The monoisotopic (exact) mass is 235 g/mol. The van der Waals surface area contributed by atoms with Gasteiger partial charge in [0, 0.05) is 11.0 Å². The van der Waals surface area contributed by atoms with Crippen LogP contribution in [0.1, 0.15) is 5.56 Å². The van der Waals surface area contributed by atoms with Crippen molar-refractivity contribution in [1.82, 2.24) is 5.32 Å². The molecule has 1 N–H and O–H groups in total. The lowest BCUT2D eigenvalue weighted by atomic mass is 10.2. The van der Waals surface area contributed by atoms with Gasteiger partial charge >= 0.3 is 0 Å². The van der Waals surface area contributed by atoms with Crippen molar-refractivity contribution in [3.63, 3.8) is 0 Å². The maximum atomic E-state index is 3.38. The van der Waals surface area contributed by atoms with Gasteiger partial charge < -0.3 is 5.32 Å². The first kappa shape index (κ1) is 11.0. The highest BCUT2D eigenvalue weighted by Crippen LogP contribution is 2.09. The van der Waals surface area contributed by atoms with Crippen molar-refractivity contribution in [2.75, 3.05) is 7.05 Å². The summed E-state index contributed by atoms with van der Waals surface area (Å²) in [5.74, 6) is 0. The van der Waals surface area contributed by atoms with Gasteiger partial charge in [0.1, 0.15) is 0 Å². The number of benzene rings is 1. The van der Waals surface area contributed by atoms with E-state index in [0.29, 0.717) is 0 Å². The summed E-state index contributed by atoms with van der Waals surface area (Å²) < 4.78 is 1.13. The van der Waals surface area contributed by atoms with Crippen LogP contribution in [-0.4, -0.2) is 7.05 Å². The first-order valence-electron chi connectivity index (χ1n) is 3.22. The summed E-state index contributed by atoms with van der Waals surface area (Å²) in [4.78, 5) is 0. The lowest BCUT2D eigenvalue weighted by Crippen LogP contribution is -2.04. The quantitative estimate of drug-likeness (QED) is 0.832. The van der Waals surface area contributed by atoms with E-state index in [1.54, 1.807) is 0 Å². The lowest BCUT2D eigenvalue weighted by molar-refractivity contribution is 0.818. The smallest absolute Gasteiger partial charge is 0.0202 e. The third-order valence-corrected chi connectivity index (χ3v) is 1.82. The molecule has 0 atom stereocenters. The molecule has 0 saturated carbocycles. The summed E-state index contributed by atoms with van der Waals surface area (Å²) in [5, 5.41) is 3.09. The van der Waals surface area contributed by atoms with Crippen LogP contribution in [0.3, 0.4) is 0 Å². The normalized spacial score (nSPS) is 8.91. The molecule has 0 aliphatic carbocycles. The zero-order chi connectivity index (χ0) is 7.40. The van der Waals surface area contributed by atoms with Crippen molar-refractivity contribution in [3.05, 3.63) is 34.3 Å². The Hall–Kier alpha value is -0.0500. The standard InChI is InChI=1S/C8H10BrN.ClH/c1-10-6-7-2-4-8(9)5-3-7;/h2-5,10H,6H2,1H3;1H. The Balaban J connectivity index is 0.000001000. The molecule has 1 nitrogen and oxygen atoms in total. The fourth-order valence-corrected chi connectivity index (χ4v) is 1.07. The first-order valence-corrected chi connectivity index (χ1v) is 4.01. The van der Waals surface area contributed by atoms with Crippen LogP contribution in [0.4, 0.5) is 0 Å². The summed E-state index contributed by atoms with van der Waals surface area (Å²) in [6, 6.07) is 8.29. The number of rotatable bonds is 2. The highest BCUT2D eigenvalue weighted by Gasteiger charge is 1.88. The molecular formula is C8H11BrClN. The summed E-state index contributed by atoms with van der Waals surface area (Å²) in [6.45, 7) is 0.938. The van der Waals surface area contributed by atoms with Crippen LogP contribution in [0, 0.1) is 0 Å². The maximum absolute atomic E-state index is 3.38. The molecule has 0 unspecified atom stereocenters. The van der Waals surface area contributed by atoms with E-state index in [0.717, 1.165) is 11.0 Å². The van der Waals surface area contributed by atoms with Gasteiger partial charge in [-0.3, -0.25) is 0 Å². The van der Waals surface area contributed by atoms with Crippen molar-refractivity contribution in [2.24, 2.45) is 0 Å². The van der Waals surface area contributed by atoms with Crippen LogP contribution in [-0.2, 0) is 6.54 Å². The molecule has 62 valence electrons. The molecule has 0 aliphatic rings. The molecule has 0 fully saturated rings. The second kappa shape index (κ2) is 5.58. The van der Waals surface area contributed by atoms with Crippen molar-refractivity contribution in [1.29, 1.82) is 0 Å². The third-order valence-electron chi connectivity index (χ3n) is 1.29. The van der Waals surface area contributed by atoms with Gasteiger partial charge in [0.25, 0.3) is 0 Å². The third kappa shape index (κ3) is 3.75. The minimum atomic E-state index is 0. The zero-order valence-corrected chi connectivity index (χ0v) is 8.71. The number of halogens is 2. The molecular weight excluding hydrogens is 225 g/mol. The molecule has 1 aromatic rings. The summed E-state index contributed by atoms with van der Waals surface area (Å²) in [6.07, 6.45) is 0. The predicted octanol–water partition coefficient (Wildman–Crippen LogP) is 2.59. The van der Waals surface area contributed by atoms with Crippen molar-refractivity contribution < 1.29 is 0 Å². The van der Waals surface area contributed by atoms with E-state index < -0.39 is 0 Å². The number of hydrogen-bond donors (Lipinski definition) is 1. The zero-order valence-electron chi connectivity index (χ0n) is 6.30. The molecule has 0 saturated heterocycles. The van der Waals surface area contributed by atoms with E-state index in [2.05, 4.69) is 33.4 Å². The van der Waals surface area contributed by atoms with Crippen LogP contribution < -0.4 is 5.32 Å². The van der Waals surface area contributed by atoms with Gasteiger partial charge in [0.05, 0.1) is 0 Å². The average molecular weight is 237 g/mol. The maximum Gasteiger partial charge on any atom is 0.0202 e. The van der Waals surface area contributed by atoms with Crippen LogP contribution in [0.5, 0.6) is 0 Å². The van der Waals surface area contributed by atoms with Crippen LogP contribution >= 0.6 is 28.3 Å². The highest BCUT2D eigenvalue weighted by atomic mass is 79.9. The van der Waals surface area contributed by atoms with Gasteiger partial charge in [-0.15, -0.1) is 12.4 Å². The fraction of sp³-hybridized carbons (Fsp3) is 0.250. The summed E-state index contributed by atoms with van der Waals surface area (Å²) in [5.41, 5.74) is 1.31. The molecule has 0 amide bonds. The van der Waals surface area contributed by atoms with E-state index in [1.807, 2.05) is 19.2 Å². The van der Waals surface area contributed by atoms with Gasteiger partial charge in [-0.2, -0.15) is 0 Å². The Bertz CT molecular complexity index is 198. The van der Waals surface area contributed by atoms with Crippen molar-refractivity contribution in [2.45, 2.75) is 6.54 Å². The highest BCUT2D eigenvalue weighted by molar-refractivity contribution is 9.10. The van der Waals surface area contributed by atoms with Crippen LogP contribution in [0.15, 0.2) is 28.7 Å². The second-order valence-electron chi connectivity index (χ2n) is 2.16. The van der Waals surface area contributed by atoms with E-state index in [9.17, 15) is 0 Å². The summed E-state index contributed by atoms with van der Waals surface area (Å²) in [7, 11) is 1.95. The average Bonchev–Trinajstić information content (AvgIpc) is 1.95. The van der Waals surface area contributed by atoms with Crippen LogP contribution in [0.25, 0.3) is 0 Å². The topological polar surface area (TPSA) is 12.0 Å². The van der Waals surface area contributed by atoms with Gasteiger partial charge in [0.2, 0.25) is 0 Å². The molecule has 0 aromatic heterocycles. The molecule has 3 heteroatoms. The first-order chi connectivity index (χ1) is 4.83. The molecule has 0 aliphatic heterocycles. The van der Waals surface area contributed by atoms with E-state index in [-0.39, 0.29) is 12.4 Å². The Morgan fingerprint density at radius 3 is 2.27 bits per heavy atom. The molecule has 0 bridgehead atoms. The number of nitrogens with one attached hydrogen (secondary N) is 1. The molecule has 11 heavy (non-hydrogen) atoms. The molecule has 0 spiro atoms. The summed E-state index contributed by atoms with van der Waals surface area (Å²) >= 11 is 3.38. The molecule has 0 radical (unpaired) electrons. The molecule has 1 rings (SSSR count). The predicted molar refractivity (Wildman–Crippen MR) is 54.2 cm³/mol. The van der Waals surface area contributed by atoms with E-state index >= 15 is 0 Å². The van der Waals surface area contributed by atoms with Gasteiger partial charge in [-0.25, -0.2) is 0 Å². The van der Waals surface area contributed by atoms with Gasteiger partial charge in [0.15, 0.2) is 0 Å². The minimum absolute atomic E-state index is 0. The van der Waals surface area contributed by atoms with Crippen molar-refractivity contribution >= 4 is 28.3 Å². The minimum Gasteiger partial charge on any atom is -0.316 e. The van der Waals surface area contributed by atoms with Crippen LogP contribution in [0.2, 0.25) is 0 Å². The Kier molecular flexibility index (Phi) is 5.56. The molecule has 1 aromatic carbocycles. The number of hydrogen-bond acceptors (Lipinski definition) is 1. The van der Waals surface area contributed by atoms with Gasteiger partial charge in [-0.05, 0) is 24.7 Å². The Morgan fingerprint density at radius 1 is 1.27 bits per heavy atom. The second-order valence-corrected chi connectivity index (χ2v) is 3.07.